The Hall–Kier alpha value is -1.81. The Morgan fingerprint density at radius 1 is 1.32 bits per heavy atom. The van der Waals surface area contributed by atoms with Gasteiger partial charge in [0.1, 0.15) is 5.69 Å². The van der Waals surface area contributed by atoms with Crippen LogP contribution in [0.1, 0.15) is 19.8 Å². The molecule has 1 heterocycles. The van der Waals surface area contributed by atoms with Crippen molar-refractivity contribution in [1.29, 1.82) is 0 Å². The minimum absolute atomic E-state index is 0.227. The first-order chi connectivity index (χ1) is 9.24. The fourth-order valence-corrected chi connectivity index (χ4v) is 1.93. The van der Waals surface area contributed by atoms with Gasteiger partial charge in [-0.05, 0) is 18.6 Å². The zero-order valence-electron chi connectivity index (χ0n) is 10.8. The normalized spacial score (nSPS) is 10.4. The van der Waals surface area contributed by atoms with Gasteiger partial charge in [0.05, 0.1) is 16.9 Å². The van der Waals surface area contributed by atoms with Gasteiger partial charge >= 0.3 is 0 Å². The third-order valence-corrected chi connectivity index (χ3v) is 3.05. The predicted molar refractivity (Wildman–Crippen MR) is 78.2 cm³/mol. The standard InChI is InChI=1S/C14H16ClN3O/c1-2-3-9-16-13-12(15)10-17-18(14(13)19)11-7-5-4-6-8-11/h4-8,10,16H,2-3,9H2,1H3. The Labute approximate surface area is 117 Å². The molecule has 2 aromatic rings. The summed E-state index contributed by atoms with van der Waals surface area (Å²) in [5, 5.41) is 7.51. The van der Waals surface area contributed by atoms with Crippen molar-refractivity contribution in [3.05, 3.63) is 51.9 Å². The number of benzene rings is 1. The van der Waals surface area contributed by atoms with E-state index in [2.05, 4.69) is 17.3 Å². The van der Waals surface area contributed by atoms with Gasteiger partial charge in [0.25, 0.3) is 5.56 Å². The first kappa shape index (κ1) is 13.6. The zero-order valence-corrected chi connectivity index (χ0v) is 11.5. The second-order valence-corrected chi connectivity index (χ2v) is 4.61. The van der Waals surface area contributed by atoms with Crippen molar-refractivity contribution in [3.8, 4) is 5.69 Å². The second kappa shape index (κ2) is 6.38. The molecule has 0 atom stereocenters. The van der Waals surface area contributed by atoms with Crippen LogP contribution in [0.25, 0.3) is 5.69 Å². The molecule has 1 aromatic heterocycles. The second-order valence-electron chi connectivity index (χ2n) is 4.20. The summed E-state index contributed by atoms with van der Waals surface area (Å²) in [6, 6.07) is 9.28. The van der Waals surface area contributed by atoms with Crippen LogP contribution in [0.4, 0.5) is 5.69 Å². The summed E-state index contributed by atoms with van der Waals surface area (Å²) in [6.07, 6.45) is 3.54. The molecule has 0 unspecified atom stereocenters. The lowest BCUT2D eigenvalue weighted by atomic mass is 10.3. The summed E-state index contributed by atoms with van der Waals surface area (Å²) >= 11 is 6.03. The molecule has 0 amide bonds. The van der Waals surface area contributed by atoms with Crippen LogP contribution < -0.4 is 10.9 Å². The van der Waals surface area contributed by atoms with Crippen molar-refractivity contribution in [3.63, 3.8) is 0 Å². The highest BCUT2D eigenvalue weighted by Gasteiger charge is 2.10. The lowest BCUT2D eigenvalue weighted by molar-refractivity contribution is 0.796. The smallest absolute Gasteiger partial charge is 0.296 e. The quantitative estimate of drug-likeness (QED) is 0.854. The molecule has 0 aliphatic rings. The molecule has 0 saturated carbocycles. The Morgan fingerprint density at radius 3 is 2.74 bits per heavy atom. The van der Waals surface area contributed by atoms with E-state index in [-0.39, 0.29) is 5.56 Å². The van der Waals surface area contributed by atoms with Gasteiger partial charge in [-0.15, -0.1) is 0 Å². The average Bonchev–Trinajstić information content (AvgIpc) is 2.43. The van der Waals surface area contributed by atoms with Gasteiger partial charge in [-0.2, -0.15) is 9.78 Å². The van der Waals surface area contributed by atoms with E-state index >= 15 is 0 Å². The van der Waals surface area contributed by atoms with E-state index in [0.717, 1.165) is 25.1 Å². The SMILES string of the molecule is CCCCNc1c(Cl)cnn(-c2ccccc2)c1=O. The van der Waals surface area contributed by atoms with Crippen LogP contribution in [-0.4, -0.2) is 16.3 Å². The molecule has 0 spiro atoms. The molecule has 5 heteroatoms. The van der Waals surface area contributed by atoms with Crippen molar-refractivity contribution in [2.45, 2.75) is 19.8 Å². The maximum absolute atomic E-state index is 12.3. The van der Waals surface area contributed by atoms with Crippen LogP contribution in [0, 0.1) is 0 Å². The van der Waals surface area contributed by atoms with Gasteiger partial charge < -0.3 is 5.32 Å². The van der Waals surface area contributed by atoms with Crippen molar-refractivity contribution >= 4 is 17.3 Å². The summed E-state index contributed by atoms with van der Waals surface area (Å²) < 4.78 is 1.35. The van der Waals surface area contributed by atoms with Crippen molar-refractivity contribution < 1.29 is 0 Å². The van der Waals surface area contributed by atoms with Crippen LogP contribution in [0.3, 0.4) is 0 Å². The summed E-state index contributed by atoms with van der Waals surface area (Å²) in [5.41, 5.74) is 0.909. The largest absolute Gasteiger partial charge is 0.379 e. The van der Waals surface area contributed by atoms with E-state index in [1.165, 1.54) is 10.9 Å². The van der Waals surface area contributed by atoms with Gasteiger partial charge in [-0.1, -0.05) is 43.1 Å². The minimum atomic E-state index is -0.227. The van der Waals surface area contributed by atoms with E-state index in [9.17, 15) is 4.79 Å². The zero-order chi connectivity index (χ0) is 13.7. The maximum atomic E-state index is 12.3. The molecule has 100 valence electrons. The fraction of sp³-hybridized carbons (Fsp3) is 0.286. The summed E-state index contributed by atoms with van der Waals surface area (Å²) in [4.78, 5) is 12.3. The molecular weight excluding hydrogens is 262 g/mol. The van der Waals surface area contributed by atoms with Crippen molar-refractivity contribution in [2.24, 2.45) is 0 Å². The number of hydrogen-bond acceptors (Lipinski definition) is 3. The molecule has 0 aliphatic heterocycles. The summed E-state index contributed by atoms with van der Waals surface area (Å²) in [6.45, 7) is 2.82. The predicted octanol–water partition coefficient (Wildman–Crippen LogP) is 3.10. The monoisotopic (exact) mass is 277 g/mol. The van der Waals surface area contributed by atoms with E-state index in [4.69, 9.17) is 11.6 Å². The lowest BCUT2D eigenvalue weighted by Gasteiger charge is -2.10. The number of aromatic nitrogens is 2. The molecule has 0 aliphatic carbocycles. The van der Waals surface area contributed by atoms with Gasteiger partial charge in [0.15, 0.2) is 0 Å². The molecule has 19 heavy (non-hydrogen) atoms. The third-order valence-electron chi connectivity index (χ3n) is 2.76. The number of rotatable bonds is 5. The molecule has 2 rings (SSSR count). The number of para-hydroxylation sites is 1. The van der Waals surface area contributed by atoms with Gasteiger partial charge in [-0.25, -0.2) is 0 Å². The maximum Gasteiger partial charge on any atom is 0.296 e. The highest BCUT2D eigenvalue weighted by Crippen LogP contribution is 2.16. The van der Waals surface area contributed by atoms with Crippen LogP contribution in [0.15, 0.2) is 41.3 Å². The first-order valence-corrected chi connectivity index (χ1v) is 6.69. The molecule has 1 aromatic carbocycles. The molecule has 4 nitrogen and oxygen atoms in total. The molecule has 0 radical (unpaired) electrons. The molecule has 0 saturated heterocycles. The number of halogens is 1. The van der Waals surface area contributed by atoms with Crippen molar-refractivity contribution in [2.75, 3.05) is 11.9 Å². The topological polar surface area (TPSA) is 46.9 Å². The molecule has 0 fully saturated rings. The Kier molecular flexibility index (Phi) is 4.58. The summed E-state index contributed by atoms with van der Waals surface area (Å²) in [7, 11) is 0. The highest BCUT2D eigenvalue weighted by atomic mass is 35.5. The van der Waals surface area contributed by atoms with Gasteiger partial charge in [0.2, 0.25) is 0 Å². The third kappa shape index (κ3) is 3.15. The number of nitrogens with one attached hydrogen (secondary N) is 1. The number of nitrogens with zero attached hydrogens (tertiary/aromatic N) is 2. The van der Waals surface area contributed by atoms with E-state index in [1.807, 2.05) is 30.3 Å². The van der Waals surface area contributed by atoms with Crippen LogP contribution >= 0.6 is 11.6 Å². The minimum Gasteiger partial charge on any atom is -0.379 e. The Balaban J connectivity index is 2.37. The highest BCUT2D eigenvalue weighted by molar-refractivity contribution is 6.33. The molecular formula is C14H16ClN3O. The summed E-state index contributed by atoms with van der Waals surface area (Å²) in [5.74, 6) is 0. The molecule has 0 bridgehead atoms. The fourth-order valence-electron chi connectivity index (χ4n) is 1.74. The Morgan fingerprint density at radius 2 is 2.05 bits per heavy atom. The van der Waals surface area contributed by atoms with Gasteiger partial charge in [0, 0.05) is 6.54 Å². The number of anilines is 1. The average molecular weight is 278 g/mol. The van der Waals surface area contributed by atoms with Crippen LogP contribution in [0.2, 0.25) is 5.02 Å². The van der Waals surface area contributed by atoms with E-state index in [1.54, 1.807) is 0 Å². The number of unbranched alkanes of at least 4 members (excludes halogenated alkanes) is 1. The van der Waals surface area contributed by atoms with Crippen LogP contribution in [0.5, 0.6) is 0 Å². The lowest BCUT2D eigenvalue weighted by Crippen LogP contribution is -2.25. The Bertz CT molecular complexity index is 595. The van der Waals surface area contributed by atoms with Crippen molar-refractivity contribution in [1.82, 2.24) is 9.78 Å². The van der Waals surface area contributed by atoms with Crippen LogP contribution in [-0.2, 0) is 0 Å². The van der Waals surface area contributed by atoms with E-state index in [0.29, 0.717) is 10.7 Å². The molecule has 1 N–H and O–H groups in total. The number of hydrogen-bond donors (Lipinski definition) is 1. The van der Waals surface area contributed by atoms with Gasteiger partial charge in [-0.3, -0.25) is 4.79 Å². The van der Waals surface area contributed by atoms with E-state index < -0.39 is 0 Å². The first-order valence-electron chi connectivity index (χ1n) is 6.31.